The van der Waals surface area contributed by atoms with E-state index in [2.05, 4.69) is 10.6 Å². The number of nitrogens with one attached hydrogen (secondary N) is 2. The molecule has 0 bridgehead atoms. The van der Waals surface area contributed by atoms with E-state index in [9.17, 15) is 18.8 Å². The number of halogens is 1. The standard InChI is InChI=1S/C24H29FN2O4S/c1-17(2)12-22(27-24(30)31-14-18-8-4-3-5-9-18)23(29)26-20(13-28)16-32-15-19-10-6-7-11-21(19)25/h3-11,13,17,20,22H,12,14-16H2,1-2H3,(H,26,29)(H,27,30)/t20?,22-/m1/s1. The maximum Gasteiger partial charge on any atom is 0.408 e. The second-order valence-corrected chi connectivity index (χ2v) is 8.78. The number of alkyl carbamates (subject to hydrolysis) is 1. The molecular weight excluding hydrogens is 431 g/mol. The Kier molecular flexibility index (Phi) is 10.7. The summed E-state index contributed by atoms with van der Waals surface area (Å²) in [6, 6.07) is 14.1. The van der Waals surface area contributed by atoms with Crippen molar-refractivity contribution in [2.24, 2.45) is 5.92 Å². The number of carbonyl (C=O) groups excluding carboxylic acids is 3. The van der Waals surface area contributed by atoms with Crippen LogP contribution in [0.3, 0.4) is 0 Å². The Labute approximate surface area is 192 Å². The largest absolute Gasteiger partial charge is 0.445 e. The summed E-state index contributed by atoms with van der Waals surface area (Å²) in [6.07, 6.45) is 0.332. The average molecular weight is 461 g/mol. The van der Waals surface area contributed by atoms with Crippen molar-refractivity contribution in [3.05, 3.63) is 71.5 Å². The predicted octanol–water partition coefficient (Wildman–Crippen LogP) is 4.08. The molecule has 0 fully saturated rings. The fraction of sp³-hybridized carbons (Fsp3) is 0.375. The quantitative estimate of drug-likeness (QED) is 0.466. The van der Waals surface area contributed by atoms with Crippen LogP contribution in [0.15, 0.2) is 54.6 Å². The van der Waals surface area contributed by atoms with E-state index in [-0.39, 0.29) is 24.1 Å². The van der Waals surface area contributed by atoms with Crippen LogP contribution in [0.25, 0.3) is 0 Å². The highest BCUT2D eigenvalue weighted by molar-refractivity contribution is 7.98. The van der Waals surface area contributed by atoms with Crippen molar-refractivity contribution in [2.45, 2.75) is 44.7 Å². The van der Waals surface area contributed by atoms with Gasteiger partial charge in [0.25, 0.3) is 0 Å². The van der Waals surface area contributed by atoms with Gasteiger partial charge < -0.3 is 20.2 Å². The lowest BCUT2D eigenvalue weighted by molar-refractivity contribution is -0.125. The van der Waals surface area contributed by atoms with Crippen molar-refractivity contribution >= 4 is 30.0 Å². The van der Waals surface area contributed by atoms with E-state index in [1.807, 2.05) is 44.2 Å². The van der Waals surface area contributed by atoms with Crippen LogP contribution in [0.4, 0.5) is 9.18 Å². The maximum atomic E-state index is 13.7. The zero-order valence-corrected chi connectivity index (χ0v) is 19.1. The molecule has 0 spiro atoms. The average Bonchev–Trinajstić information content (AvgIpc) is 2.78. The third kappa shape index (κ3) is 9.09. The van der Waals surface area contributed by atoms with Gasteiger partial charge >= 0.3 is 6.09 Å². The summed E-state index contributed by atoms with van der Waals surface area (Å²) in [4.78, 5) is 36.4. The molecule has 2 amide bonds. The first-order chi connectivity index (χ1) is 15.4. The minimum atomic E-state index is -0.836. The molecule has 0 aliphatic heterocycles. The number of aldehydes is 1. The molecule has 2 N–H and O–H groups in total. The van der Waals surface area contributed by atoms with Gasteiger partial charge in [0.15, 0.2) is 0 Å². The summed E-state index contributed by atoms with van der Waals surface area (Å²) < 4.78 is 18.9. The van der Waals surface area contributed by atoms with Crippen LogP contribution in [0.2, 0.25) is 0 Å². The second-order valence-electron chi connectivity index (χ2n) is 7.75. The summed E-state index contributed by atoms with van der Waals surface area (Å²) in [5, 5.41) is 5.25. The maximum absolute atomic E-state index is 13.7. The molecule has 2 atom stereocenters. The molecule has 172 valence electrons. The SMILES string of the molecule is CC(C)C[C@@H](NC(=O)OCc1ccccc1)C(=O)NC(C=O)CSCc1ccccc1F. The van der Waals surface area contributed by atoms with Crippen LogP contribution in [0, 0.1) is 11.7 Å². The first kappa shape index (κ1) is 25.4. The molecule has 32 heavy (non-hydrogen) atoms. The minimum absolute atomic E-state index is 0.0896. The zero-order chi connectivity index (χ0) is 23.3. The number of carbonyl (C=O) groups is 3. The highest BCUT2D eigenvalue weighted by atomic mass is 32.2. The smallest absolute Gasteiger partial charge is 0.408 e. The Bertz CT molecular complexity index is 879. The van der Waals surface area contributed by atoms with E-state index in [1.165, 1.54) is 17.8 Å². The summed E-state index contributed by atoms with van der Waals surface area (Å²) in [5.74, 6) is 0.0362. The Morgan fingerprint density at radius 2 is 1.75 bits per heavy atom. The number of thioether (sulfide) groups is 1. The second kappa shape index (κ2) is 13.5. The first-order valence-electron chi connectivity index (χ1n) is 10.4. The molecule has 0 aromatic heterocycles. The molecule has 0 aliphatic carbocycles. The normalized spacial score (nSPS) is 12.6. The predicted molar refractivity (Wildman–Crippen MR) is 124 cm³/mol. The summed E-state index contributed by atoms with van der Waals surface area (Å²) in [5.41, 5.74) is 1.37. The fourth-order valence-corrected chi connectivity index (χ4v) is 3.91. The van der Waals surface area contributed by atoms with Crippen molar-refractivity contribution in [1.29, 1.82) is 0 Å². The van der Waals surface area contributed by atoms with Gasteiger partial charge in [-0.25, -0.2) is 9.18 Å². The van der Waals surface area contributed by atoms with Gasteiger partial charge in [-0.05, 0) is 29.5 Å². The monoisotopic (exact) mass is 460 g/mol. The van der Waals surface area contributed by atoms with Crippen LogP contribution >= 0.6 is 11.8 Å². The Hall–Kier alpha value is -2.87. The van der Waals surface area contributed by atoms with Crippen molar-refractivity contribution in [3.8, 4) is 0 Å². The number of ether oxygens (including phenoxy) is 1. The Balaban J connectivity index is 1.86. The van der Waals surface area contributed by atoms with Crippen molar-refractivity contribution in [1.82, 2.24) is 10.6 Å². The number of hydrogen-bond donors (Lipinski definition) is 2. The lowest BCUT2D eigenvalue weighted by Crippen LogP contribution is -2.51. The Morgan fingerprint density at radius 3 is 2.41 bits per heavy atom. The van der Waals surface area contributed by atoms with E-state index in [4.69, 9.17) is 4.74 Å². The summed E-state index contributed by atoms with van der Waals surface area (Å²) >= 11 is 1.34. The molecular formula is C24H29FN2O4S. The van der Waals surface area contributed by atoms with Crippen LogP contribution in [0.5, 0.6) is 0 Å². The van der Waals surface area contributed by atoms with Gasteiger partial charge in [0.1, 0.15) is 24.8 Å². The van der Waals surface area contributed by atoms with Crippen LogP contribution in [-0.4, -0.2) is 36.1 Å². The molecule has 2 rings (SSSR count). The van der Waals surface area contributed by atoms with Gasteiger partial charge in [-0.3, -0.25) is 4.79 Å². The van der Waals surface area contributed by atoms with Crippen LogP contribution < -0.4 is 10.6 Å². The molecule has 0 heterocycles. The number of benzene rings is 2. The first-order valence-corrected chi connectivity index (χ1v) is 11.6. The molecule has 0 saturated heterocycles. The minimum Gasteiger partial charge on any atom is -0.445 e. The van der Waals surface area contributed by atoms with Gasteiger partial charge in [0, 0.05) is 11.5 Å². The molecule has 6 nitrogen and oxygen atoms in total. The Morgan fingerprint density at radius 1 is 1.06 bits per heavy atom. The third-order valence-electron chi connectivity index (χ3n) is 4.53. The lowest BCUT2D eigenvalue weighted by atomic mass is 10.0. The van der Waals surface area contributed by atoms with E-state index >= 15 is 0 Å². The fourth-order valence-electron chi connectivity index (χ4n) is 2.92. The van der Waals surface area contributed by atoms with Crippen molar-refractivity contribution in [2.75, 3.05) is 5.75 Å². The van der Waals surface area contributed by atoms with E-state index in [0.717, 1.165) is 5.56 Å². The van der Waals surface area contributed by atoms with Crippen molar-refractivity contribution < 1.29 is 23.5 Å². The van der Waals surface area contributed by atoms with Gasteiger partial charge in [-0.2, -0.15) is 11.8 Å². The highest BCUT2D eigenvalue weighted by Crippen LogP contribution is 2.16. The molecule has 2 aromatic rings. The molecule has 2 aromatic carbocycles. The molecule has 0 saturated carbocycles. The molecule has 1 unspecified atom stereocenters. The molecule has 8 heteroatoms. The number of rotatable bonds is 12. The van der Waals surface area contributed by atoms with Crippen LogP contribution in [0.1, 0.15) is 31.4 Å². The van der Waals surface area contributed by atoms with Crippen molar-refractivity contribution in [3.63, 3.8) is 0 Å². The van der Waals surface area contributed by atoms with Gasteiger partial charge in [-0.15, -0.1) is 0 Å². The number of hydrogen-bond acceptors (Lipinski definition) is 5. The molecule has 0 aliphatic rings. The number of amides is 2. The van der Waals surface area contributed by atoms with Gasteiger partial charge in [-0.1, -0.05) is 62.4 Å². The molecule has 0 radical (unpaired) electrons. The van der Waals surface area contributed by atoms with E-state index < -0.39 is 24.1 Å². The third-order valence-corrected chi connectivity index (χ3v) is 5.64. The highest BCUT2D eigenvalue weighted by Gasteiger charge is 2.25. The lowest BCUT2D eigenvalue weighted by Gasteiger charge is -2.22. The summed E-state index contributed by atoms with van der Waals surface area (Å²) in [6.45, 7) is 3.95. The van der Waals surface area contributed by atoms with Gasteiger partial charge in [0.2, 0.25) is 5.91 Å². The summed E-state index contributed by atoms with van der Waals surface area (Å²) in [7, 11) is 0. The topological polar surface area (TPSA) is 84.5 Å². The van der Waals surface area contributed by atoms with Gasteiger partial charge in [0.05, 0.1) is 6.04 Å². The van der Waals surface area contributed by atoms with E-state index in [0.29, 0.717) is 24.0 Å². The van der Waals surface area contributed by atoms with E-state index in [1.54, 1.807) is 18.2 Å². The van der Waals surface area contributed by atoms with Crippen LogP contribution in [-0.2, 0) is 26.7 Å². The zero-order valence-electron chi connectivity index (χ0n) is 18.3.